The van der Waals surface area contributed by atoms with Crippen LogP contribution in [-0.4, -0.2) is 26.3 Å². The number of nitrogens with two attached hydrogens (primary N) is 1. The minimum absolute atomic E-state index is 0.0471. The quantitative estimate of drug-likeness (QED) is 0.810. The molecule has 27 heavy (non-hydrogen) atoms. The number of nitrogens with zero attached hydrogens (tertiary/aromatic N) is 1. The molecule has 0 aliphatic carbocycles. The maximum absolute atomic E-state index is 13.6. The summed E-state index contributed by atoms with van der Waals surface area (Å²) in [4.78, 5) is 24.1. The molecule has 1 aliphatic heterocycles. The first-order valence-electron chi connectivity index (χ1n) is 8.12. The monoisotopic (exact) mass is 407 g/mol. The molecule has 1 heterocycles. The maximum Gasteiger partial charge on any atom is 0.265 e. The van der Waals surface area contributed by atoms with Crippen LogP contribution >= 0.6 is 11.6 Å². The maximum atomic E-state index is 13.6. The van der Waals surface area contributed by atoms with Crippen LogP contribution in [0.3, 0.4) is 0 Å². The van der Waals surface area contributed by atoms with Gasteiger partial charge in [-0.3, -0.25) is 13.9 Å². The van der Waals surface area contributed by atoms with E-state index in [9.17, 15) is 18.0 Å². The van der Waals surface area contributed by atoms with Gasteiger partial charge in [0.05, 0.1) is 22.7 Å². The zero-order valence-electron chi connectivity index (χ0n) is 14.7. The molecule has 0 fully saturated rings. The number of para-hydroxylation sites is 2. The van der Waals surface area contributed by atoms with Crippen LogP contribution in [0.25, 0.3) is 0 Å². The van der Waals surface area contributed by atoms with Crippen molar-refractivity contribution in [3.63, 3.8) is 0 Å². The van der Waals surface area contributed by atoms with Crippen molar-refractivity contribution in [1.82, 2.24) is 0 Å². The van der Waals surface area contributed by atoms with Crippen LogP contribution in [0.15, 0.2) is 41.3 Å². The number of hydrogen-bond donors (Lipinski definition) is 2. The predicted octanol–water partition coefficient (Wildman–Crippen LogP) is 2.35. The third kappa shape index (κ3) is 3.38. The highest BCUT2D eigenvalue weighted by Crippen LogP contribution is 2.38. The van der Waals surface area contributed by atoms with Crippen LogP contribution in [0.5, 0.6) is 0 Å². The van der Waals surface area contributed by atoms with E-state index in [1.165, 1.54) is 0 Å². The van der Waals surface area contributed by atoms with Gasteiger partial charge in [0.15, 0.2) is 0 Å². The van der Waals surface area contributed by atoms with Crippen LogP contribution in [0.4, 0.5) is 11.4 Å². The summed E-state index contributed by atoms with van der Waals surface area (Å²) in [7, 11) is -4.18. The molecule has 2 aromatic carbocycles. The van der Waals surface area contributed by atoms with E-state index in [1.807, 2.05) is 0 Å². The van der Waals surface area contributed by atoms with E-state index < -0.39 is 34.3 Å². The van der Waals surface area contributed by atoms with Crippen molar-refractivity contribution in [3.8, 4) is 0 Å². The molecular formula is C18H18ClN3O4S. The van der Waals surface area contributed by atoms with E-state index in [0.717, 1.165) is 4.31 Å². The van der Waals surface area contributed by atoms with E-state index >= 15 is 0 Å². The zero-order chi connectivity index (χ0) is 19.9. The third-order valence-corrected chi connectivity index (χ3v) is 6.67. The van der Waals surface area contributed by atoms with Gasteiger partial charge in [-0.2, -0.15) is 0 Å². The number of carbonyl (C=O) groups excluding carboxylic acids is 2. The molecule has 0 spiro atoms. The SMILES string of the molecule is Cc1cc(Cl)cc(C)c1S(=O)(=O)N1c2ccccc2NC(=O)C1CC(N)=O. The van der Waals surface area contributed by atoms with Crippen molar-refractivity contribution in [2.24, 2.45) is 5.73 Å². The summed E-state index contributed by atoms with van der Waals surface area (Å²) in [6, 6.07) is 8.30. The fourth-order valence-corrected chi connectivity index (χ4v) is 5.71. The highest BCUT2D eigenvalue weighted by Gasteiger charge is 2.42. The van der Waals surface area contributed by atoms with Crippen LogP contribution in [-0.2, 0) is 19.6 Å². The number of sulfonamides is 1. The van der Waals surface area contributed by atoms with E-state index in [1.54, 1.807) is 50.2 Å². The Morgan fingerprint density at radius 1 is 1.22 bits per heavy atom. The molecule has 1 atom stereocenters. The third-order valence-electron chi connectivity index (χ3n) is 4.32. The molecule has 0 saturated carbocycles. The Balaban J connectivity index is 2.27. The first-order chi connectivity index (χ1) is 12.6. The fraction of sp³-hybridized carbons (Fsp3) is 0.222. The molecule has 3 rings (SSSR count). The lowest BCUT2D eigenvalue weighted by Gasteiger charge is -2.37. The number of hydrogen-bond acceptors (Lipinski definition) is 4. The van der Waals surface area contributed by atoms with E-state index in [2.05, 4.69) is 5.32 Å². The van der Waals surface area contributed by atoms with E-state index in [-0.39, 0.29) is 10.6 Å². The van der Waals surface area contributed by atoms with Gasteiger partial charge in [0.2, 0.25) is 11.8 Å². The molecule has 0 aromatic heterocycles. The highest BCUT2D eigenvalue weighted by molar-refractivity contribution is 7.93. The summed E-state index contributed by atoms with van der Waals surface area (Å²) in [6.07, 6.45) is -0.439. The molecule has 3 N–H and O–H groups in total. The van der Waals surface area contributed by atoms with Gasteiger partial charge in [0, 0.05) is 5.02 Å². The fourth-order valence-electron chi connectivity index (χ4n) is 3.33. The van der Waals surface area contributed by atoms with Crippen LogP contribution in [0, 0.1) is 13.8 Å². The Bertz CT molecular complexity index is 1030. The Labute approximate surface area is 162 Å². The number of aryl methyl sites for hydroxylation is 2. The van der Waals surface area contributed by atoms with Crippen LogP contribution in [0.2, 0.25) is 5.02 Å². The summed E-state index contributed by atoms with van der Waals surface area (Å²) in [5.41, 5.74) is 6.78. The van der Waals surface area contributed by atoms with Crippen LogP contribution < -0.4 is 15.4 Å². The second-order valence-corrected chi connectivity index (χ2v) is 8.55. The van der Waals surface area contributed by atoms with Crippen molar-refractivity contribution in [2.45, 2.75) is 31.2 Å². The topological polar surface area (TPSA) is 110 Å². The number of anilines is 2. The summed E-state index contributed by atoms with van der Waals surface area (Å²) in [5, 5.41) is 3.04. The Kier molecular flexibility index (Phi) is 4.88. The number of rotatable bonds is 4. The largest absolute Gasteiger partial charge is 0.370 e. The van der Waals surface area contributed by atoms with Gasteiger partial charge >= 0.3 is 0 Å². The molecule has 7 nitrogen and oxygen atoms in total. The molecule has 142 valence electrons. The molecule has 0 radical (unpaired) electrons. The number of halogens is 1. The Hall–Kier alpha value is -2.58. The highest BCUT2D eigenvalue weighted by atomic mass is 35.5. The number of benzene rings is 2. The number of amides is 2. The molecule has 2 amide bonds. The minimum Gasteiger partial charge on any atom is -0.370 e. The summed E-state index contributed by atoms with van der Waals surface area (Å²) in [6.45, 7) is 3.26. The smallest absolute Gasteiger partial charge is 0.265 e. The number of primary amides is 1. The molecule has 9 heteroatoms. The van der Waals surface area contributed by atoms with Crippen molar-refractivity contribution in [3.05, 3.63) is 52.5 Å². The predicted molar refractivity (Wildman–Crippen MR) is 103 cm³/mol. The van der Waals surface area contributed by atoms with Crippen molar-refractivity contribution in [2.75, 3.05) is 9.62 Å². The second-order valence-electron chi connectivity index (χ2n) is 6.36. The first-order valence-corrected chi connectivity index (χ1v) is 9.94. The van der Waals surface area contributed by atoms with Crippen molar-refractivity contribution >= 4 is 44.8 Å². The number of carbonyl (C=O) groups is 2. The van der Waals surface area contributed by atoms with Gasteiger partial charge in [0.1, 0.15) is 6.04 Å². The molecule has 0 bridgehead atoms. The number of nitrogens with one attached hydrogen (secondary N) is 1. The Morgan fingerprint density at radius 2 is 1.81 bits per heavy atom. The first kappa shape index (κ1) is 19.2. The minimum atomic E-state index is -4.18. The summed E-state index contributed by atoms with van der Waals surface area (Å²) < 4.78 is 28.2. The average Bonchev–Trinajstić information content (AvgIpc) is 2.53. The standard InChI is InChI=1S/C18H18ClN3O4S/c1-10-7-12(19)8-11(2)17(10)27(25,26)22-14-6-4-3-5-13(14)21-18(24)15(22)9-16(20)23/h3-8,15H,9H2,1-2H3,(H2,20,23)(H,21,24). The van der Waals surface area contributed by atoms with Crippen molar-refractivity contribution < 1.29 is 18.0 Å². The second kappa shape index (κ2) is 6.86. The van der Waals surface area contributed by atoms with Gasteiger partial charge < -0.3 is 11.1 Å². The molecule has 1 aliphatic rings. The van der Waals surface area contributed by atoms with Crippen molar-refractivity contribution in [1.29, 1.82) is 0 Å². The summed E-state index contributed by atoms with van der Waals surface area (Å²) in [5.74, 6) is -1.39. The molecular weight excluding hydrogens is 390 g/mol. The normalized spacial score (nSPS) is 16.6. The lowest BCUT2D eigenvalue weighted by molar-refractivity contribution is -0.123. The summed E-state index contributed by atoms with van der Waals surface area (Å²) >= 11 is 6.03. The van der Waals surface area contributed by atoms with E-state index in [4.69, 9.17) is 17.3 Å². The van der Waals surface area contributed by atoms with Gasteiger partial charge in [-0.25, -0.2) is 8.42 Å². The van der Waals surface area contributed by atoms with Gasteiger partial charge in [-0.15, -0.1) is 0 Å². The van der Waals surface area contributed by atoms with Gasteiger partial charge in [-0.1, -0.05) is 23.7 Å². The number of fused-ring (bicyclic) bond motifs is 1. The van der Waals surface area contributed by atoms with Crippen LogP contribution in [0.1, 0.15) is 17.5 Å². The average molecular weight is 408 g/mol. The molecule has 1 unspecified atom stereocenters. The Morgan fingerprint density at radius 3 is 2.41 bits per heavy atom. The molecule has 0 saturated heterocycles. The molecule has 2 aromatic rings. The lowest BCUT2D eigenvalue weighted by Crippen LogP contribution is -2.52. The lowest BCUT2D eigenvalue weighted by atomic mass is 10.1. The van der Waals surface area contributed by atoms with Gasteiger partial charge in [0.25, 0.3) is 10.0 Å². The zero-order valence-corrected chi connectivity index (χ0v) is 16.3. The van der Waals surface area contributed by atoms with Gasteiger partial charge in [-0.05, 0) is 49.2 Å². The van der Waals surface area contributed by atoms with E-state index in [0.29, 0.717) is 21.8 Å².